The molecule has 170 valence electrons. The van der Waals surface area contributed by atoms with E-state index in [2.05, 4.69) is 17.4 Å². The lowest BCUT2D eigenvalue weighted by molar-refractivity contribution is 0.0917. The van der Waals surface area contributed by atoms with Gasteiger partial charge in [-0.2, -0.15) is 5.10 Å². The van der Waals surface area contributed by atoms with Gasteiger partial charge in [-0.3, -0.25) is 9.48 Å². The molecule has 6 nitrogen and oxygen atoms in total. The van der Waals surface area contributed by atoms with Gasteiger partial charge < -0.3 is 10.1 Å². The van der Waals surface area contributed by atoms with E-state index in [1.807, 2.05) is 29.8 Å². The molecule has 1 aromatic heterocycles. The molecular formula is C25H31N3O3S. The first-order valence-electron chi connectivity index (χ1n) is 11.9. The van der Waals surface area contributed by atoms with Gasteiger partial charge in [0.05, 0.1) is 13.2 Å². The van der Waals surface area contributed by atoms with E-state index in [1.165, 1.54) is 23.0 Å². The number of ether oxygens (including phenoxy) is 1. The van der Waals surface area contributed by atoms with E-state index in [4.69, 9.17) is 9.84 Å². The molecule has 32 heavy (non-hydrogen) atoms. The molecule has 1 N–H and O–H groups in total. The van der Waals surface area contributed by atoms with Crippen LogP contribution in [0.25, 0.3) is 0 Å². The summed E-state index contributed by atoms with van der Waals surface area (Å²) in [6, 6.07) is 10.3. The fourth-order valence-electron chi connectivity index (χ4n) is 5.83. The van der Waals surface area contributed by atoms with Gasteiger partial charge in [0.2, 0.25) is 0 Å². The average Bonchev–Trinajstić information content (AvgIpc) is 3.50. The zero-order valence-corrected chi connectivity index (χ0v) is 19.4. The van der Waals surface area contributed by atoms with Crippen molar-refractivity contribution in [3.63, 3.8) is 0 Å². The highest BCUT2D eigenvalue weighted by Crippen LogP contribution is 2.50. The van der Waals surface area contributed by atoms with E-state index in [0.717, 1.165) is 50.5 Å². The van der Waals surface area contributed by atoms with Gasteiger partial charge in [-0.25, -0.2) is 4.79 Å². The Bertz CT molecular complexity index is 990. The molecule has 7 heteroatoms. The van der Waals surface area contributed by atoms with Crippen LogP contribution in [-0.2, 0) is 24.1 Å². The Morgan fingerprint density at radius 2 is 1.94 bits per heavy atom. The maximum absolute atomic E-state index is 13.5. The molecule has 2 aromatic rings. The van der Waals surface area contributed by atoms with Crippen LogP contribution in [0, 0.1) is 11.8 Å². The third-order valence-corrected chi connectivity index (χ3v) is 8.54. The first-order valence-corrected chi connectivity index (χ1v) is 12.8. The standard InChI is InChI=1S/C25H31N3O3S/c1-2-31-25(30)32-23-18-13-12-17(14-18)21(23)26-24(29)22-19-10-6-7-11-20(19)28(27-22)15-16-8-4-3-5-9-16/h3-5,8-9,17-18,21,23H,2,6-7,10-15H2,1H3,(H,26,29)/t17?,18?,21-,23+/m0/s1. The maximum Gasteiger partial charge on any atom is 0.367 e. The topological polar surface area (TPSA) is 73.2 Å². The summed E-state index contributed by atoms with van der Waals surface area (Å²) >= 11 is 1.27. The second-order valence-corrected chi connectivity index (χ2v) is 10.3. The van der Waals surface area contributed by atoms with Crippen LogP contribution in [-0.4, -0.2) is 38.9 Å². The Kier molecular flexibility index (Phi) is 6.26. The Labute approximate surface area is 193 Å². The molecule has 0 spiro atoms. The molecule has 4 atom stereocenters. The molecule has 0 saturated heterocycles. The van der Waals surface area contributed by atoms with E-state index in [-0.39, 0.29) is 22.5 Å². The number of amides is 1. The van der Waals surface area contributed by atoms with Crippen LogP contribution < -0.4 is 5.32 Å². The summed E-state index contributed by atoms with van der Waals surface area (Å²) in [4.78, 5) is 25.6. The van der Waals surface area contributed by atoms with Gasteiger partial charge in [-0.05, 0) is 81.0 Å². The molecule has 3 aliphatic rings. The van der Waals surface area contributed by atoms with Crippen molar-refractivity contribution in [3.05, 3.63) is 52.8 Å². The van der Waals surface area contributed by atoms with Crippen molar-refractivity contribution in [2.24, 2.45) is 11.8 Å². The lowest BCUT2D eigenvalue weighted by atomic mass is 9.93. The van der Waals surface area contributed by atoms with Crippen molar-refractivity contribution >= 4 is 23.0 Å². The van der Waals surface area contributed by atoms with Crippen molar-refractivity contribution < 1.29 is 14.3 Å². The Balaban J connectivity index is 1.36. The molecule has 2 unspecified atom stereocenters. The lowest BCUT2D eigenvalue weighted by Crippen LogP contribution is -2.46. The molecule has 3 aliphatic carbocycles. The third-order valence-electron chi connectivity index (χ3n) is 7.28. The number of nitrogens with one attached hydrogen (secondary N) is 1. The second-order valence-electron chi connectivity index (χ2n) is 9.22. The first kappa shape index (κ1) is 21.6. The van der Waals surface area contributed by atoms with Crippen LogP contribution in [0.3, 0.4) is 0 Å². The van der Waals surface area contributed by atoms with Crippen LogP contribution >= 0.6 is 11.8 Å². The Morgan fingerprint density at radius 3 is 2.75 bits per heavy atom. The predicted molar refractivity (Wildman–Crippen MR) is 125 cm³/mol. The van der Waals surface area contributed by atoms with Gasteiger partial charge in [-0.1, -0.05) is 30.3 Å². The molecular weight excluding hydrogens is 422 g/mol. The fourth-order valence-corrected chi connectivity index (χ4v) is 7.12. The van der Waals surface area contributed by atoms with Crippen molar-refractivity contribution in [1.29, 1.82) is 0 Å². The van der Waals surface area contributed by atoms with Crippen LogP contribution in [0.15, 0.2) is 30.3 Å². The average molecular weight is 454 g/mol. The number of benzene rings is 1. The van der Waals surface area contributed by atoms with E-state index in [1.54, 1.807) is 0 Å². The molecule has 0 radical (unpaired) electrons. The molecule has 0 aliphatic heterocycles. The molecule has 2 fully saturated rings. The van der Waals surface area contributed by atoms with Crippen LogP contribution in [0.2, 0.25) is 0 Å². The highest BCUT2D eigenvalue weighted by atomic mass is 32.2. The van der Waals surface area contributed by atoms with Gasteiger partial charge in [0.1, 0.15) is 0 Å². The van der Waals surface area contributed by atoms with Crippen LogP contribution in [0.4, 0.5) is 4.79 Å². The number of hydrogen-bond donors (Lipinski definition) is 1. The normalized spacial score (nSPS) is 26.0. The SMILES string of the molecule is CCOC(=O)S[C@@H]1C2CCC(C2)[C@@H]1NC(=O)c1nn(Cc2ccccc2)c2c1CCCC2. The van der Waals surface area contributed by atoms with E-state index in [9.17, 15) is 9.59 Å². The second kappa shape index (κ2) is 9.30. The molecule has 1 aromatic carbocycles. The predicted octanol–water partition coefficient (Wildman–Crippen LogP) is 4.60. The molecule has 2 saturated carbocycles. The van der Waals surface area contributed by atoms with E-state index >= 15 is 0 Å². The largest absolute Gasteiger partial charge is 0.458 e. The summed E-state index contributed by atoms with van der Waals surface area (Å²) in [5, 5.41) is 7.99. The molecule has 1 amide bonds. The van der Waals surface area contributed by atoms with Crippen LogP contribution in [0.1, 0.15) is 66.3 Å². The minimum absolute atomic E-state index is 0.00849. The number of rotatable bonds is 6. The van der Waals surface area contributed by atoms with Gasteiger partial charge in [0.15, 0.2) is 5.69 Å². The number of carbonyl (C=O) groups excluding carboxylic acids is 2. The third kappa shape index (κ3) is 4.19. The number of hydrogen-bond acceptors (Lipinski definition) is 5. The smallest absolute Gasteiger partial charge is 0.367 e. The van der Waals surface area contributed by atoms with Gasteiger partial charge in [0.25, 0.3) is 5.91 Å². The van der Waals surface area contributed by atoms with E-state index in [0.29, 0.717) is 30.7 Å². The Morgan fingerprint density at radius 1 is 1.16 bits per heavy atom. The maximum atomic E-state index is 13.5. The molecule has 5 rings (SSSR count). The number of nitrogens with zero attached hydrogens (tertiary/aromatic N) is 2. The summed E-state index contributed by atoms with van der Waals surface area (Å²) in [6.45, 7) is 2.90. The first-order chi connectivity index (χ1) is 15.6. The fraction of sp³-hybridized carbons (Fsp3) is 0.560. The van der Waals surface area contributed by atoms with Gasteiger partial charge >= 0.3 is 5.30 Å². The highest BCUT2D eigenvalue weighted by Gasteiger charge is 2.50. The number of aromatic nitrogens is 2. The quantitative estimate of drug-likeness (QED) is 0.648. The Hall–Kier alpha value is -2.28. The zero-order valence-electron chi connectivity index (χ0n) is 18.6. The number of carbonyl (C=O) groups is 2. The van der Waals surface area contributed by atoms with Gasteiger partial charge in [-0.15, -0.1) is 0 Å². The minimum Gasteiger partial charge on any atom is -0.458 e. The number of thioether (sulfide) groups is 1. The summed E-state index contributed by atoms with van der Waals surface area (Å²) in [7, 11) is 0. The highest BCUT2D eigenvalue weighted by molar-refractivity contribution is 8.13. The van der Waals surface area contributed by atoms with Gasteiger partial charge in [0, 0.05) is 22.5 Å². The van der Waals surface area contributed by atoms with E-state index < -0.39 is 0 Å². The summed E-state index contributed by atoms with van der Waals surface area (Å²) in [6.07, 6.45) is 7.45. The lowest BCUT2D eigenvalue weighted by Gasteiger charge is -2.30. The molecule has 2 bridgehead atoms. The van der Waals surface area contributed by atoms with Crippen molar-refractivity contribution in [2.45, 2.75) is 69.7 Å². The molecule has 1 heterocycles. The summed E-state index contributed by atoms with van der Waals surface area (Å²) in [5.41, 5.74) is 4.09. The number of fused-ring (bicyclic) bond motifs is 3. The van der Waals surface area contributed by atoms with Crippen molar-refractivity contribution in [3.8, 4) is 0 Å². The minimum atomic E-state index is -0.228. The van der Waals surface area contributed by atoms with Crippen molar-refractivity contribution in [1.82, 2.24) is 15.1 Å². The van der Waals surface area contributed by atoms with Crippen LogP contribution in [0.5, 0.6) is 0 Å². The monoisotopic (exact) mass is 453 g/mol. The summed E-state index contributed by atoms with van der Waals surface area (Å²) in [5.74, 6) is 0.837. The summed E-state index contributed by atoms with van der Waals surface area (Å²) < 4.78 is 7.21. The van der Waals surface area contributed by atoms with Crippen molar-refractivity contribution in [2.75, 3.05) is 6.61 Å². The zero-order chi connectivity index (χ0) is 22.1.